The predicted octanol–water partition coefficient (Wildman–Crippen LogP) is 2.30. The van der Waals surface area contributed by atoms with Crippen molar-refractivity contribution in [2.24, 2.45) is 0 Å². The Bertz CT molecular complexity index is 541. The Morgan fingerprint density at radius 1 is 1.32 bits per heavy atom. The second kappa shape index (κ2) is 6.52. The van der Waals surface area contributed by atoms with E-state index in [0.29, 0.717) is 17.1 Å². The molecule has 2 heterocycles. The van der Waals surface area contributed by atoms with Crippen LogP contribution in [-0.2, 0) is 16.1 Å². The van der Waals surface area contributed by atoms with Crippen molar-refractivity contribution in [3.05, 3.63) is 34.6 Å². The summed E-state index contributed by atoms with van der Waals surface area (Å²) in [6.45, 7) is 5.60. The van der Waals surface area contributed by atoms with Gasteiger partial charge in [-0.3, -0.25) is 14.6 Å². The summed E-state index contributed by atoms with van der Waals surface area (Å²) < 4.78 is 19.1. The van der Waals surface area contributed by atoms with Gasteiger partial charge in [-0.05, 0) is 19.1 Å². The van der Waals surface area contributed by atoms with E-state index < -0.39 is 0 Å². The van der Waals surface area contributed by atoms with Crippen LogP contribution in [0.5, 0.6) is 0 Å². The number of rotatable bonds is 3. The summed E-state index contributed by atoms with van der Waals surface area (Å²) in [5, 5.41) is 0.468. The van der Waals surface area contributed by atoms with Gasteiger partial charge in [0, 0.05) is 49.7 Å². The van der Waals surface area contributed by atoms with E-state index in [-0.39, 0.29) is 23.9 Å². The molecule has 3 rings (SSSR count). The molecule has 22 heavy (non-hydrogen) atoms. The quantitative estimate of drug-likeness (QED) is 0.798. The van der Waals surface area contributed by atoms with Crippen molar-refractivity contribution in [3.8, 4) is 0 Å². The molecule has 2 aliphatic rings. The topological polar surface area (TPSA) is 32.8 Å². The van der Waals surface area contributed by atoms with Gasteiger partial charge in [-0.25, -0.2) is 4.39 Å². The van der Waals surface area contributed by atoms with Gasteiger partial charge in [0.1, 0.15) is 18.0 Å². The van der Waals surface area contributed by atoms with Gasteiger partial charge in [0.05, 0.1) is 0 Å². The zero-order chi connectivity index (χ0) is 15.7. The highest BCUT2D eigenvalue weighted by atomic mass is 35.5. The Morgan fingerprint density at radius 3 is 2.64 bits per heavy atom. The molecule has 2 atom stereocenters. The molecule has 2 aliphatic heterocycles. The first-order valence-electron chi connectivity index (χ1n) is 7.64. The van der Waals surface area contributed by atoms with Crippen LogP contribution in [0.15, 0.2) is 18.2 Å². The monoisotopic (exact) mass is 326 g/mol. The van der Waals surface area contributed by atoms with Crippen molar-refractivity contribution in [2.75, 3.05) is 26.2 Å². The molecular formula is C16H20ClFN2O2. The minimum atomic E-state index is -0.261. The number of esters is 1. The van der Waals surface area contributed by atoms with Gasteiger partial charge in [-0.1, -0.05) is 17.7 Å². The molecule has 1 aromatic rings. The van der Waals surface area contributed by atoms with Crippen molar-refractivity contribution in [1.82, 2.24) is 9.80 Å². The average Bonchev–Trinajstić information content (AvgIpc) is 2.83. The molecule has 6 heteroatoms. The Labute approximate surface area is 134 Å². The van der Waals surface area contributed by atoms with Crippen LogP contribution in [0.1, 0.15) is 18.9 Å². The third-order valence-electron chi connectivity index (χ3n) is 4.44. The number of cyclic esters (lactones) is 1. The zero-order valence-corrected chi connectivity index (χ0v) is 13.4. The number of carbonyl (C=O) groups is 1. The molecule has 0 spiro atoms. The third-order valence-corrected chi connectivity index (χ3v) is 4.79. The van der Waals surface area contributed by atoms with E-state index >= 15 is 0 Å². The van der Waals surface area contributed by atoms with Crippen molar-refractivity contribution in [1.29, 1.82) is 0 Å². The van der Waals surface area contributed by atoms with Crippen molar-refractivity contribution >= 4 is 17.6 Å². The van der Waals surface area contributed by atoms with E-state index in [1.165, 1.54) is 6.07 Å². The lowest BCUT2D eigenvalue weighted by molar-refractivity contribution is -0.145. The zero-order valence-electron chi connectivity index (χ0n) is 12.6. The lowest BCUT2D eigenvalue weighted by Crippen LogP contribution is -2.51. The third kappa shape index (κ3) is 3.26. The van der Waals surface area contributed by atoms with Crippen LogP contribution in [0, 0.1) is 5.82 Å². The molecule has 2 saturated heterocycles. The molecule has 0 aromatic heterocycles. The van der Waals surface area contributed by atoms with Crippen LogP contribution in [0.2, 0.25) is 5.02 Å². The molecule has 0 aliphatic carbocycles. The highest BCUT2D eigenvalue weighted by Gasteiger charge is 2.37. The smallest absolute Gasteiger partial charge is 0.323 e. The molecule has 0 saturated carbocycles. The second-order valence-corrected chi connectivity index (χ2v) is 6.42. The van der Waals surface area contributed by atoms with Crippen LogP contribution < -0.4 is 0 Å². The summed E-state index contributed by atoms with van der Waals surface area (Å²) in [6, 6.07) is 4.65. The molecule has 0 bridgehead atoms. The van der Waals surface area contributed by atoms with Gasteiger partial charge in [0.15, 0.2) is 0 Å². The first kappa shape index (κ1) is 15.7. The van der Waals surface area contributed by atoms with E-state index in [9.17, 15) is 9.18 Å². The van der Waals surface area contributed by atoms with Gasteiger partial charge >= 0.3 is 5.97 Å². The van der Waals surface area contributed by atoms with E-state index in [2.05, 4.69) is 9.80 Å². The fourth-order valence-corrected chi connectivity index (χ4v) is 3.40. The van der Waals surface area contributed by atoms with Crippen LogP contribution in [0.4, 0.5) is 4.39 Å². The van der Waals surface area contributed by atoms with Crippen LogP contribution in [0.3, 0.4) is 0 Å². The van der Waals surface area contributed by atoms with Crippen LogP contribution in [-0.4, -0.2) is 54.1 Å². The van der Waals surface area contributed by atoms with E-state index in [1.54, 1.807) is 12.1 Å². The van der Waals surface area contributed by atoms with Crippen LogP contribution >= 0.6 is 11.6 Å². The maximum Gasteiger partial charge on any atom is 0.323 e. The standard InChI is InChI=1S/C16H20ClFN2O2/c1-11-9-15(16(21)22-11)20-7-5-19(6-8-20)10-12-13(17)3-2-4-14(12)18/h2-4,11,15H,5-10H2,1H3. The summed E-state index contributed by atoms with van der Waals surface area (Å²) in [4.78, 5) is 16.1. The molecule has 0 radical (unpaired) electrons. The van der Waals surface area contributed by atoms with Gasteiger partial charge in [0.25, 0.3) is 0 Å². The highest BCUT2D eigenvalue weighted by Crippen LogP contribution is 2.24. The Hall–Kier alpha value is -1.17. The molecule has 1 aromatic carbocycles. The predicted molar refractivity (Wildman–Crippen MR) is 82.2 cm³/mol. The van der Waals surface area contributed by atoms with E-state index in [4.69, 9.17) is 16.3 Å². The Morgan fingerprint density at radius 2 is 2.05 bits per heavy atom. The first-order chi connectivity index (χ1) is 10.5. The average molecular weight is 327 g/mol. The number of hydrogen-bond acceptors (Lipinski definition) is 4. The number of halogens is 2. The largest absolute Gasteiger partial charge is 0.461 e. The highest BCUT2D eigenvalue weighted by molar-refractivity contribution is 6.31. The number of nitrogens with zero attached hydrogens (tertiary/aromatic N) is 2. The molecule has 0 amide bonds. The minimum absolute atomic E-state index is 0.00718. The van der Waals surface area contributed by atoms with Gasteiger partial charge in [0.2, 0.25) is 0 Å². The van der Waals surface area contributed by atoms with Gasteiger partial charge in [-0.15, -0.1) is 0 Å². The van der Waals surface area contributed by atoms with Crippen molar-refractivity contribution in [2.45, 2.75) is 32.0 Å². The molecule has 2 unspecified atom stereocenters. The van der Waals surface area contributed by atoms with Crippen molar-refractivity contribution in [3.63, 3.8) is 0 Å². The maximum absolute atomic E-state index is 13.8. The van der Waals surface area contributed by atoms with Crippen LogP contribution in [0.25, 0.3) is 0 Å². The van der Waals surface area contributed by atoms with E-state index in [0.717, 1.165) is 32.6 Å². The fraction of sp³-hybridized carbons (Fsp3) is 0.562. The normalized spacial score (nSPS) is 27.1. The van der Waals surface area contributed by atoms with E-state index in [1.807, 2.05) is 6.92 Å². The number of piperazine rings is 1. The molecule has 4 nitrogen and oxygen atoms in total. The van der Waals surface area contributed by atoms with Gasteiger partial charge < -0.3 is 4.74 Å². The fourth-order valence-electron chi connectivity index (χ4n) is 3.17. The number of ether oxygens (including phenoxy) is 1. The first-order valence-corrected chi connectivity index (χ1v) is 8.02. The summed E-state index contributed by atoms with van der Waals surface area (Å²) >= 11 is 6.08. The lowest BCUT2D eigenvalue weighted by atomic mass is 10.1. The molecule has 120 valence electrons. The minimum Gasteiger partial charge on any atom is -0.461 e. The maximum atomic E-state index is 13.8. The summed E-state index contributed by atoms with van der Waals surface area (Å²) in [7, 11) is 0. The summed E-state index contributed by atoms with van der Waals surface area (Å²) in [5.41, 5.74) is 0.548. The SMILES string of the molecule is CC1CC(N2CCN(Cc3c(F)cccc3Cl)CC2)C(=O)O1. The lowest BCUT2D eigenvalue weighted by Gasteiger charge is -2.36. The second-order valence-electron chi connectivity index (χ2n) is 6.01. The Balaban J connectivity index is 1.57. The van der Waals surface area contributed by atoms with Crippen molar-refractivity contribution < 1.29 is 13.9 Å². The Kier molecular flexibility index (Phi) is 4.66. The molecular weight excluding hydrogens is 307 g/mol. The van der Waals surface area contributed by atoms with Gasteiger partial charge in [-0.2, -0.15) is 0 Å². The number of hydrogen-bond donors (Lipinski definition) is 0. The summed E-state index contributed by atoms with van der Waals surface area (Å²) in [6.07, 6.45) is 0.769. The number of carbonyl (C=O) groups excluding carboxylic acids is 1. The summed E-state index contributed by atoms with van der Waals surface area (Å²) in [5.74, 6) is -0.374. The molecule has 0 N–H and O–H groups in total. The molecule has 2 fully saturated rings. The number of benzene rings is 1.